The molecule has 0 aromatic heterocycles. The number of carbonyl (C=O) groups is 1. The molecule has 5 heteroatoms. The molecule has 0 spiro atoms. The molecular formula is C20H29BrN2O2. The minimum Gasteiger partial charge on any atom is -0.444 e. The van der Waals surface area contributed by atoms with Crippen LogP contribution in [0.15, 0.2) is 28.7 Å². The normalized spacial score (nSPS) is 27.2. The van der Waals surface area contributed by atoms with E-state index in [4.69, 9.17) is 4.74 Å². The zero-order chi connectivity index (χ0) is 18.2. The molecule has 2 aliphatic heterocycles. The number of fused-ring (bicyclic) bond motifs is 2. The number of piperidine rings is 1. The average Bonchev–Trinajstić information content (AvgIpc) is 2.77. The summed E-state index contributed by atoms with van der Waals surface area (Å²) in [6.45, 7) is 8.00. The van der Waals surface area contributed by atoms with Crippen molar-refractivity contribution in [2.45, 2.75) is 83.1 Å². The standard InChI is InChI=1S/C20H29BrN2O2/c1-13(17-7-5-6-8-18(17)21)22-14-11-15-9-10-16(12-14)23(15)19(24)25-20(2,3)4/h5-8,13-16,22H,9-12H2,1-4H3/t13-,14?,15?,16?/m1/s1. The Kier molecular flexibility index (Phi) is 5.45. The van der Waals surface area contributed by atoms with Gasteiger partial charge in [0.2, 0.25) is 0 Å². The second-order valence-corrected chi connectivity index (χ2v) is 9.21. The van der Waals surface area contributed by atoms with Gasteiger partial charge >= 0.3 is 6.09 Å². The Morgan fingerprint density at radius 3 is 2.40 bits per heavy atom. The summed E-state index contributed by atoms with van der Waals surface area (Å²) in [4.78, 5) is 14.6. The number of halogens is 1. The second kappa shape index (κ2) is 7.28. The highest BCUT2D eigenvalue weighted by Crippen LogP contribution is 2.37. The van der Waals surface area contributed by atoms with E-state index in [0.717, 1.165) is 30.2 Å². The third kappa shape index (κ3) is 4.37. The molecule has 1 aromatic rings. The third-order valence-corrected chi connectivity index (χ3v) is 5.92. The van der Waals surface area contributed by atoms with Gasteiger partial charge in [0.05, 0.1) is 0 Å². The molecule has 0 aliphatic carbocycles. The van der Waals surface area contributed by atoms with Crippen molar-refractivity contribution < 1.29 is 9.53 Å². The maximum atomic E-state index is 12.5. The van der Waals surface area contributed by atoms with Crippen LogP contribution in [-0.2, 0) is 4.74 Å². The summed E-state index contributed by atoms with van der Waals surface area (Å²) >= 11 is 3.64. The van der Waals surface area contributed by atoms with E-state index in [1.165, 1.54) is 5.56 Å². The SMILES string of the molecule is C[C@@H](NC1CC2CCC(C1)N2C(=O)OC(C)(C)C)c1ccccc1Br. The number of benzene rings is 1. The van der Waals surface area contributed by atoms with E-state index in [2.05, 4.69) is 46.4 Å². The first-order chi connectivity index (χ1) is 11.7. The Hall–Kier alpha value is -1.07. The van der Waals surface area contributed by atoms with Crippen molar-refractivity contribution in [1.29, 1.82) is 0 Å². The number of amides is 1. The fourth-order valence-corrected chi connectivity index (χ4v) is 4.82. The zero-order valence-electron chi connectivity index (χ0n) is 15.6. The molecule has 2 fully saturated rings. The van der Waals surface area contributed by atoms with E-state index in [1.807, 2.05) is 31.7 Å². The molecule has 25 heavy (non-hydrogen) atoms. The largest absolute Gasteiger partial charge is 0.444 e. The van der Waals surface area contributed by atoms with Gasteiger partial charge in [-0.15, -0.1) is 0 Å². The van der Waals surface area contributed by atoms with Gasteiger partial charge in [0.1, 0.15) is 5.60 Å². The van der Waals surface area contributed by atoms with Crippen molar-refractivity contribution in [2.24, 2.45) is 0 Å². The minimum absolute atomic E-state index is 0.141. The number of rotatable bonds is 3. The average molecular weight is 409 g/mol. The van der Waals surface area contributed by atoms with Crippen LogP contribution in [0, 0.1) is 0 Å². The molecule has 1 N–H and O–H groups in total. The van der Waals surface area contributed by atoms with Crippen LogP contribution < -0.4 is 5.32 Å². The fraction of sp³-hybridized carbons (Fsp3) is 0.650. The molecule has 0 radical (unpaired) electrons. The molecule has 2 saturated heterocycles. The Balaban J connectivity index is 1.62. The highest BCUT2D eigenvalue weighted by molar-refractivity contribution is 9.10. The first kappa shape index (κ1) is 18.7. The van der Waals surface area contributed by atoms with Crippen LogP contribution >= 0.6 is 15.9 Å². The Morgan fingerprint density at radius 2 is 1.84 bits per heavy atom. The number of hydrogen-bond donors (Lipinski definition) is 1. The number of ether oxygens (including phenoxy) is 1. The molecule has 0 saturated carbocycles. The lowest BCUT2D eigenvalue weighted by Crippen LogP contribution is -2.52. The van der Waals surface area contributed by atoms with Gasteiger partial charge in [-0.1, -0.05) is 34.1 Å². The van der Waals surface area contributed by atoms with Crippen molar-refractivity contribution in [1.82, 2.24) is 10.2 Å². The molecule has 3 atom stereocenters. The van der Waals surface area contributed by atoms with Crippen molar-refractivity contribution in [3.05, 3.63) is 34.3 Å². The lowest BCUT2D eigenvalue weighted by molar-refractivity contribution is 0.00435. The van der Waals surface area contributed by atoms with E-state index >= 15 is 0 Å². The summed E-state index contributed by atoms with van der Waals surface area (Å²) in [5.41, 5.74) is 0.851. The number of carbonyl (C=O) groups excluding carboxylic acids is 1. The summed E-state index contributed by atoms with van der Waals surface area (Å²) in [5, 5.41) is 3.78. The van der Waals surface area contributed by atoms with E-state index in [-0.39, 0.29) is 12.1 Å². The van der Waals surface area contributed by atoms with Crippen molar-refractivity contribution >= 4 is 22.0 Å². The Bertz CT molecular complexity index is 614. The predicted octanol–water partition coefficient (Wildman–Crippen LogP) is 5.03. The van der Waals surface area contributed by atoms with Gasteiger partial charge in [0.15, 0.2) is 0 Å². The maximum absolute atomic E-state index is 12.5. The van der Waals surface area contributed by atoms with Crippen LogP contribution in [0.25, 0.3) is 0 Å². The Labute approximate surface area is 159 Å². The monoisotopic (exact) mass is 408 g/mol. The third-order valence-electron chi connectivity index (χ3n) is 5.19. The molecule has 4 nitrogen and oxygen atoms in total. The van der Waals surface area contributed by atoms with Gasteiger partial charge in [-0.3, -0.25) is 0 Å². The molecule has 3 rings (SSSR count). The fourth-order valence-electron chi connectivity index (χ4n) is 4.20. The summed E-state index contributed by atoms with van der Waals surface area (Å²) in [6, 6.07) is 9.70. The summed E-state index contributed by atoms with van der Waals surface area (Å²) in [5.74, 6) is 0. The lowest BCUT2D eigenvalue weighted by atomic mass is 9.96. The van der Waals surface area contributed by atoms with Gasteiger partial charge in [0, 0.05) is 28.6 Å². The van der Waals surface area contributed by atoms with Crippen LogP contribution in [0.2, 0.25) is 0 Å². The Morgan fingerprint density at radius 1 is 1.24 bits per heavy atom. The van der Waals surface area contributed by atoms with E-state index in [0.29, 0.717) is 18.1 Å². The lowest BCUT2D eigenvalue weighted by Gasteiger charge is -2.40. The van der Waals surface area contributed by atoms with E-state index < -0.39 is 5.60 Å². The first-order valence-electron chi connectivity index (χ1n) is 9.26. The van der Waals surface area contributed by atoms with Gasteiger partial charge in [-0.25, -0.2) is 4.79 Å². The van der Waals surface area contributed by atoms with E-state index in [9.17, 15) is 4.79 Å². The summed E-state index contributed by atoms with van der Waals surface area (Å²) in [7, 11) is 0. The number of nitrogens with one attached hydrogen (secondary N) is 1. The summed E-state index contributed by atoms with van der Waals surface area (Å²) < 4.78 is 6.76. The van der Waals surface area contributed by atoms with Crippen molar-refractivity contribution in [3.63, 3.8) is 0 Å². The molecule has 2 bridgehead atoms. The van der Waals surface area contributed by atoms with Gasteiger partial charge in [0.25, 0.3) is 0 Å². The zero-order valence-corrected chi connectivity index (χ0v) is 17.2. The topological polar surface area (TPSA) is 41.6 Å². The minimum atomic E-state index is -0.431. The van der Waals surface area contributed by atoms with Crippen molar-refractivity contribution in [2.75, 3.05) is 0 Å². The molecule has 138 valence electrons. The smallest absolute Gasteiger partial charge is 0.410 e. The highest BCUT2D eigenvalue weighted by atomic mass is 79.9. The van der Waals surface area contributed by atoms with Gasteiger partial charge in [-0.2, -0.15) is 0 Å². The summed E-state index contributed by atoms with van der Waals surface area (Å²) in [6.07, 6.45) is 4.05. The van der Waals surface area contributed by atoms with Crippen LogP contribution in [0.5, 0.6) is 0 Å². The molecule has 2 heterocycles. The first-order valence-corrected chi connectivity index (χ1v) is 10.1. The molecular weight excluding hydrogens is 380 g/mol. The molecule has 2 unspecified atom stereocenters. The van der Waals surface area contributed by atoms with Crippen LogP contribution in [0.3, 0.4) is 0 Å². The predicted molar refractivity (Wildman–Crippen MR) is 104 cm³/mol. The maximum Gasteiger partial charge on any atom is 0.410 e. The van der Waals surface area contributed by atoms with Crippen molar-refractivity contribution in [3.8, 4) is 0 Å². The number of nitrogens with zero attached hydrogens (tertiary/aromatic N) is 1. The second-order valence-electron chi connectivity index (χ2n) is 8.35. The molecule has 1 aromatic carbocycles. The van der Waals surface area contributed by atoms with Crippen LogP contribution in [0.1, 0.15) is 65.0 Å². The van der Waals surface area contributed by atoms with E-state index in [1.54, 1.807) is 0 Å². The van der Waals surface area contributed by atoms with Crippen LogP contribution in [0.4, 0.5) is 4.79 Å². The van der Waals surface area contributed by atoms with Crippen LogP contribution in [-0.4, -0.2) is 34.7 Å². The van der Waals surface area contributed by atoms with Gasteiger partial charge < -0.3 is 15.0 Å². The highest BCUT2D eigenvalue weighted by Gasteiger charge is 2.45. The number of hydrogen-bond acceptors (Lipinski definition) is 3. The molecule has 1 amide bonds. The molecule has 2 aliphatic rings. The van der Waals surface area contributed by atoms with Gasteiger partial charge in [-0.05, 0) is 65.0 Å². The quantitative estimate of drug-likeness (QED) is 0.762.